The summed E-state index contributed by atoms with van der Waals surface area (Å²) >= 11 is 3.33. The second kappa shape index (κ2) is 7.60. The molecule has 0 aliphatic rings. The monoisotopic (exact) mass is 374 g/mol. The highest BCUT2D eigenvalue weighted by molar-refractivity contribution is 9.10. The van der Waals surface area contributed by atoms with Crippen molar-refractivity contribution in [1.29, 1.82) is 0 Å². The van der Waals surface area contributed by atoms with Crippen LogP contribution >= 0.6 is 15.9 Å². The molecule has 0 unspecified atom stereocenters. The molecule has 2 aromatic rings. The number of carbonyl (C=O) groups excluding carboxylic acids is 2. The molecule has 0 spiro atoms. The Bertz CT molecular complexity index is 755. The Morgan fingerprint density at radius 1 is 1.13 bits per heavy atom. The quantitative estimate of drug-likeness (QED) is 0.789. The number of rotatable bonds is 5. The zero-order valence-electron chi connectivity index (χ0n) is 12.4. The number of amides is 2. The van der Waals surface area contributed by atoms with Crippen LogP contribution < -0.4 is 15.8 Å². The maximum Gasteiger partial charge on any atom is 0.265 e. The summed E-state index contributed by atoms with van der Waals surface area (Å²) in [6, 6.07) is 14.0. The first-order valence-corrected chi connectivity index (χ1v) is 7.52. The van der Waals surface area contributed by atoms with Crippen LogP contribution in [0.1, 0.15) is 15.9 Å². The summed E-state index contributed by atoms with van der Waals surface area (Å²) in [6.07, 6.45) is 1.52. The van der Waals surface area contributed by atoms with Crippen molar-refractivity contribution in [2.24, 2.45) is 5.73 Å². The van der Waals surface area contributed by atoms with Gasteiger partial charge in [0, 0.05) is 4.47 Å². The average Bonchev–Trinajstić information content (AvgIpc) is 2.55. The van der Waals surface area contributed by atoms with Crippen LogP contribution in [-0.2, 0) is 4.79 Å². The highest BCUT2D eigenvalue weighted by Crippen LogP contribution is 2.18. The summed E-state index contributed by atoms with van der Waals surface area (Å²) in [5, 5.41) is 2.53. The fraction of sp³-hybridized carbons (Fsp3) is 0.0588. The maximum atomic E-state index is 12.3. The zero-order valence-corrected chi connectivity index (χ0v) is 14.0. The number of para-hydroxylation sites is 1. The lowest BCUT2D eigenvalue weighted by Crippen LogP contribution is -2.31. The smallest absolute Gasteiger partial charge is 0.265 e. The van der Waals surface area contributed by atoms with Gasteiger partial charge in [-0.1, -0.05) is 40.2 Å². The highest BCUT2D eigenvalue weighted by Gasteiger charge is 2.15. The van der Waals surface area contributed by atoms with E-state index in [9.17, 15) is 9.59 Å². The molecule has 0 aliphatic heterocycles. The van der Waals surface area contributed by atoms with Crippen LogP contribution in [0.5, 0.6) is 5.75 Å². The summed E-state index contributed by atoms with van der Waals surface area (Å²) in [7, 11) is 1.47. The van der Waals surface area contributed by atoms with Gasteiger partial charge in [-0.25, -0.2) is 0 Å². The highest BCUT2D eigenvalue weighted by atomic mass is 79.9. The Labute approximate surface area is 142 Å². The molecule has 5 nitrogen and oxygen atoms in total. The molecule has 0 atom stereocenters. The van der Waals surface area contributed by atoms with E-state index in [1.807, 2.05) is 12.1 Å². The second-order valence-electron chi connectivity index (χ2n) is 4.63. The number of nitrogens with two attached hydrogens (primary N) is 1. The van der Waals surface area contributed by atoms with Crippen LogP contribution in [0, 0.1) is 0 Å². The number of methoxy groups -OCH3 is 1. The Morgan fingerprint density at radius 3 is 2.39 bits per heavy atom. The minimum absolute atomic E-state index is 0.00299. The van der Waals surface area contributed by atoms with Gasteiger partial charge in [0.25, 0.3) is 11.8 Å². The Morgan fingerprint density at radius 2 is 1.78 bits per heavy atom. The SMILES string of the molecule is COc1ccccc1C(=O)NC(=Cc1ccc(Br)cc1)C(N)=O. The molecule has 0 heterocycles. The summed E-state index contributed by atoms with van der Waals surface area (Å²) in [5.74, 6) is -0.779. The third-order valence-corrected chi connectivity index (χ3v) is 3.57. The first-order valence-electron chi connectivity index (χ1n) is 6.72. The lowest BCUT2D eigenvalue weighted by molar-refractivity contribution is -0.114. The molecule has 118 valence electrons. The van der Waals surface area contributed by atoms with Gasteiger partial charge in [-0.15, -0.1) is 0 Å². The number of nitrogens with one attached hydrogen (secondary N) is 1. The number of hydrogen-bond acceptors (Lipinski definition) is 3. The lowest BCUT2D eigenvalue weighted by Gasteiger charge is -2.10. The maximum absolute atomic E-state index is 12.3. The molecule has 2 amide bonds. The molecule has 0 aromatic heterocycles. The number of hydrogen-bond donors (Lipinski definition) is 2. The molecule has 0 radical (unpaired) electrons. The fourth-order valence-electron chi connectivity index (χ4n) is 1.92. The van der Waals surface area contributed by atoms with Crippen molar-refractivity contribution in [3.05, 3.63) is 69.8 Å². The molecule has 0 aliphatic carbocycles. The Kier molecular flexibility index (Phi) is 5.54. The van der Waals surface area contributed by atoms with Crippen molar-refractivity contribution < 1.29 is 14.3 Å². The van der Waals surface area contributed by atoms with Gasteiger partial charge in [0.1, 0.15) is 11.4 Å². The van der Waals surface area contributed by atoms with E-state index in [1.165, 1.54) is 13.2 Å². The van der Waals surface area contributed by atoms with E-state index >= 15 is 0 Å². The molecule has 0 fully saturated rings. The van der Waals surface area contributed by atoms with E-state index in [-0.39, 0.29) is 5.70 Å². The summed E-state index contributed by atoms with van der Waals surface area (Å²) in [6.45, 7) is 0. The first-order chi connectivity index (χ1) is 11.0. The van der Waals surface area contributed by atoms with Crippen LogP contribution in [-0.4, -0.2) is 18.9 Å². The van der Waals surface area contributed by atoms with E-state index < -0.39 is 11.8 Å². The third-order valence-electron chi connectivity index (χ3n) is 3.05. The number of carbonyl (C=O) groups is 2. The third kappa shape index (κ3) is 4.43. The average molecular weight is 375 g/mol. The van der Waals surface area contributed by atoms with E-state index in [1.54, 1.807) is 36.4 Å². The number of primary amides is 1. The van der Waals surface area contributed by atoms with E-state index in [0.29, 0.717) is 11.3 Å². The van der Waals surface area contributed by atoms with Gasteiger partial charge in [-0.2, -0.15) is 0 Å². The Balaban J connectivity index is 2.27. The van der Waals surface area contributed by atoms with Gasteiger partial charge >= 0.3 is 0 Å². The van der Waals surface area contributed by atoms with Gasteiger partial charge in [0.15, 0.2) is 0 Å². The second-order valence-corrected chi connectivity index (χ2v) is 5.54. The minimum Gasteiger partial charge on any atom is -0.496 e. The van der Waals surface area contributed by atoms with E-state index in [0.717, 1.165) is 10.0 Å². The van der Waals surface area contributed by atoms with Crippen molar-refractivity contribution in [2.45, 2.75) is 0 Å². The van der Waals surface area contributed by atoms with Crippen LogP contribution in [0.3, 0.4) is 0 Å². The number of benzene rings is 2. The van der Waals surface area contributed by atoms with Gasteiger partial charge in [0.05, 0.1) is 12.7 Å². The molecule has 23 heavy (non-hydrogen) atoms. The van der Waals surface area contributed by atoms with E-state index in [2.05, 4.69) is 21.2 Å². The fourth-order valence-corrected chi connectivity index (χ4v) is 2.18. The number of ether oxygens (including phenoxy) is 1. The van der Waals surface area contributed by atoms with Gasteiger partial charge in [-0.05, 0) is 35.9 Å². The van der Waals surface area contributed by atoms with Crippen molar-refractivity contribution in [3.8, 4) is 5.75 Å². The van der Waals surface area contributed by atoms with Crippen molar-refractivity contribution in [2.75, 3.05) is 7.11 Å². The molecule has 0 bridgehead atoms. The molecular weight excluding hydrogens is 360 g/mol. The molecule has 2 aromatic carbocycles. The molecule has 0 saturated heterocycles. The Hall–Kier alpha value is -2.60. The van der Waals surface area contributed by atoms with Crippen LogP contribution in [0.4, 0.5) is 0 Å². The van der Waals surface area contributed by atoms with Crippen molar-refractivity contribution in [1.82, 2.24) is 5.32 Å². The van der Waals surface area contributed by atoms with Gasteiger partial charge in [-0.3, -0.25) is 9.59 Å². The first kappa shape index (κ1) is 16.8. The lowest BCUT2D eigenvalue weighted by atomic mass is 10.1. The standard InChI is InChI=1S/C17H15BrN2O3/c1-23-15-5-3-2-4-13(15)17(22)20-14(16(19)21)10-11-6-8-12(18)9-7-11/h2-10H,1H3,(H2,19,21)(H,20,22). The van der Waals surface area contributed by atoms with E-state index in [4.69, 9.17) is 10.5 Å². The van der Waals surface area contributed by atoms with Crippen molar-refractivity contribution in [3.63, 3.8) is 0 Å². The largest absolute Gasteiger partial charge is 0.496 e. The summed E-state index contributed by atoms with van der Waals surface area (Å²) in [4.78, 5) is 23.9. The number of halogens is 1. The normalized spacial score (nSPS) is 11.0. The molecule has 0 saturated carbocycles. The minimum atomic E-state index is -0.726. The summed E-state index contributed by atoms with van der Waals surface area (Å²) < 4.78 is 6.05. The van der Waals surface area contributed by atoms with Crippen molar-refractivity contribution >= 4 is 33.8 Å². The molecule has 3 N–H and O–H groups in total. The predicted molar refractivity (Wildman–Crippen MR) is 91.8 cm³/mol. The van der Waals surface area contributed by atoms with Gasteiger partial charge in [0.2, 0.25) is 0 Å². The summed E-state index contributed by atoms with van der Waals surface area (Å²) in [5.41, 5.74) is 6.41. The molecule has 6 heteroatoms. The predicted octanol–water partition coefficient (Wildman–Crippen LogP) is 2.71. The van der Waals surface area contributed by atoms with Crippen LogP contribution in [0.2, 0.25) is 0 Å². The zero-order chi connectivity index (χ0) is 16.8. The molecule has 2 rings (SSSR count). The topological polar surface area (TPSA) is 81.4 Å². The van der Waals surface area contributed by atoms with Crippen LogP contribution in [0.25, 0.3) is 6.08 Å². The molecular formula is C17H15BrN2O3. The van der Waals surface area contributed by atoms with Gasteiger partial charge < -0.3 is 15.8 Å². The van der Waals surface area contributed by atoms with Crippen LogP contribution in [0.15, 0.2) is 58.7 Å².